The molecule has 2 atom stereocenters. The van der Waals surface area contributed by atoms with E-state index in [0.717, 1.165) is 18.7 Å². The maximum absolute atomic E-state index is 5.82. The van der Waals surface area contributed by atoms with Crippen molar-refractivity contribution < 1.29 is 4.74 Å². The third-order valence-corrected chi connectivity index (χ3v) is 3.31. The van der Waals surface area contributed by atoms with Crippen LogP contribution in [0.1, 0.15) is 44.4 Å². The molecule has 0 amide bonds. The van der Waals surface area contributed by atoms with E-state index in [1.807, 2.05) is 12.3 Å². The molecular weight excluding hydrogens is 200 g/mol. The van der Waals surface area contributed by atoms with Crippen LogP contribution >= 0.6 is 0 Å². The number of aromatic nitrogens is 1. The van der Waals surface area contributed by atoms with E-state index in [9.17, 15) is 0 Å². The monoisotopic (exact) mass is 222 g/mol. The van der Waals surface area contributed by atoms with Gasteiger partial charge in [-0.15, -0.1) is 0 Å². The van der Waals surface area contributed by atoms with Crippen molar-refractivity contribution in [2.75, 3.05) is 13.2 Å². The largest absolute Gasteiger partial charge is 0.372 e. The molecule has 2 N–H and O–H groups in total. The first-order valence-corrected chi connectivity index (χ1v) is 6.34. The van der Waals surface area contributed by atoms with E-state index in [4.69, 9.17) is 4.74 Å². The molecule has 1 aliphatic rings. The fourth-order valence-corrected chi connectivity index (χ4v) is 2.24. The Balaban J connectivity index is 1.63. The number of piperidine rings is 1. The number of aromatic amines is 1. The van der Waals surface area contributed by atoms with E-state index in [-0.39, 0.29) is 6.10 Å². The quantitative estimate of drug-likeness (QED) is 0.803. The van der Waals surface area contributed by atoms with Crippen LogP contribution in [0.5, 0.6) is 0 Å². The SMILES string of the molecule is CC(OCCC1CCCCN1)c1ccc[nH]1. The Morgan fingerprint density at radius 1 is 1.50 bits per heavy atom. The van der Waals surface area contributed by atoms with Crippen molar-refractivity contribution in [3.63, 3.8) is 0 Å². The zero-order valence-electron chi connectivity index (χ0n) is 10.0. The van der Waals surface area contributed by atoms with Crippen LogP contribution in [0.4, 0.5) is 0 Å². The summed E-state index contributed by atoms with van der Waals surface area (Å²) in [5.74, 6) is 0. The van der Waals surface area contributed by atoms with E-state index in [1.165, 1.54) is 25.8 Å². The summed E-state index contributed by atoms with van der Waals surface area (Å²) in [6.07, 6.45) is 7.25. The van der Waals surface area contributed by atoms with Crippen molar-refractivity contribution in [2.24, 2.45) is 0 Å². The second-order valence-corrected chi connectivity index (χ2v) is 4.57. The molecule has 1 aromatic heterocycles. The fourth-order valence-electron chi connectivity index (χ4n) is 2.24. The highest BCUT2D eigenvalue weighted by atomic mass is 16.5. The molecule has 2 unspecified atom stereocenters. The van der Waals surface area contributed by atoms with Gasteiger partial charge in [-0.05, 0) is 44.9 Å². The first-order chi connectivity index (χ1) is 7.86. The first kappa shape index (κ1) is 11.7. The average Bonchev–Trinajstić information content (AvgIpc) is 2.84. The maximum atomic E-state index is 5.82. The molecule has 3 nitrogen and oxygen atoms in total. The molecule has 0 radical (unpaired) electrons. The van der Waals surface area contributed by atoms with E-state index >= 15 is 0 Å². The highest BCUT2D eigenvalue weighted by Gasteiger charge is 2.13. The molecule has 0 aromatic carbocycles. The summed E-state index contributed by atoms with van der Waals surface area (Å²) in [4.78, 5) is 3.18. The predicted molar refractivity (Wildman–Crippen MR) is 65.4 cm³/mol. The second-order valence-electron chi connectivity index (χ2n) is 4.57. The fraction of sp³-hybridized carbons (Fsp3) is 0.692. The van der Waals surface area contributed by atoms with Crippen molar-refractivity contribution in [1.82, 2.24) is 10.3 Å². The second kappa shape index (κ2) is 6.06. The van der Waals surface area contributed by atoms with Crippen molar-refractivity contribution in [2.45, 2.75) is 44.8 Å². The van der Waals surface area contributed by atoms with Gasteiger partial charge < -0.3 is 15.0 Å². The van der Waals surface area contributed by atoms with Gasteiger partial charge in [0.25, 0.3) is 0 Å². The normalized spacial score (nSPS) is 23.2. The molecule has 0 aliphatic carbocycles. The van der Waals surface area contributed by atoms with Gasteiger partial charge >= 0.3 is 0 Å². The van der Waals surface area contributed by atoms with Gasteiger partial charge in [0.15, 0.2) is 0 Å². The van der Waals surface area contributed by atoms with Crippen LogP contribution in [0.15, 0.2) is 18.3 Å². The smallest absolute Gasteiger partial charge is 0.0944 e. The highest BCUT2D eigenvalue weighted by Crippen LogP contribution is 2.16. The predicted octanol–water partition coefficient (Wildman–Crippen LogP) is 2.62. The molecule has 0 spiro atoms. The van der Waals surface area contributed by atoms with Crippen molar-refractivity contribution in [3.05, 3.63) is 24.0 Å². The van der Waals surface area contributed by atoms with Gasteiger partial charge in [-0.2, -0.15) is 0 Å². The lowest BCUT2D eigenvalue weighted by molar-refractivity contribution is 0.0549. The van der Waals surface area contributed by atoms with E-state index in [0.29, 0.717) is 6.04 Å². The molecule has 1 aromatic rings. The van der Waals surface area contributed by atoms with Gasteiger partial charge in [0.2, 0.25) is 0 Å². The molecule has 1 aliphatic heterocycles. The van der Waals surface area contributed by atoms with Crippen LogP contribution in [0.25, 0.3) is 0 Å². The van der Waals surface area contributed by atoms with Crippen LogP contribution in [0.2, 0.25) is 0 Å². The zero-order valence-corrected chi connectivity index (χ0v) is 10.0. The van der Waals surface area contributed by atoms with E-state index in [2.05, 4.69) is 23.3 Å². The Bertz CT molecular complexity index is 278. The lowest BCUT2D eigenvalue weighted by Gasteiger charge is -2.23. The number of hydrogen-bond donors (Lipinski definition) is 2. The molecule has 3 heteroatoms. The number of rotatable bonds is 5. The number of H-pyrrole nitrogens is 1. The number of nitrogens with one attached hydrogen (secondary N) is 2. The molecule has 1 saturated heterocycles. The molecule has 1 fully saturated rings. The average molecular weight is 222 g/mol. The highest BCUT2D eigenvalue weighted by molar-refractivity contribution is 5.06. The van der Waals surface area contributed by atoms with Crippen LogP contribution < -0.4 is 5.32 Å². The van der Waals surface area contributed by atoms with Crippen molar-refractivity contribution in [3.8, 4) is 0 Å². The molecule has 90 valence electrons. The molecule has 2 heterocycles. The maximum Gasteiger partial charge on any atom is 0.0944 e. The molecule has 0 saturated carbocycles. The summed E-state index contributed by atoms with van der Waals surface area (Å²) in [5, 5.41) is 3.54. The summed E-state index contributed by atoms with van der Waals surface area (Å²) in [6, 6.07) is 4.76. The van der Waals surface area contributed by atoms with Gasteiger partial charge in [0.1, 0.15) is 0 Å². The third kappa shape index (κ3) is 3.35. The summed E-state index contributed by atoms with van der Waals surface area (Å²) < 4.78 is 5.82. The Labute approximate surface area is 97.6 Å². The number of ether oxygens (including phenoxy) is 1. The summed E-state index contributed by atoms with van der Waals surface area (Å²) in [6.45, 7) is 4.12. The zero-order chi connectivity index (χ0) is 11.2. The van der Waals surface area contributed by atoms with Crippen molar-refractivity contribution >= 4 is 0 Å². The van der Waals surface area contributed by atoms with E-state index in [1.54, 1.807) is 0 Å². The molecule has 2 rings (SSSR count). The minimum Gasteiger partial charge on any atom is -0.372 e. The van der Waals surface area contributed by atoms with Crippen LogP contribution in [0, 0.1) is 0 Å². The third-order valence-electron chi connectivity index (χ3n) is 3.31. The lowest BCUT2D eigenvalue weighted by Crippen LogP contribution is -2.34. The lowest BCUT2D eigenvalue weighted by atomic mass is 10.0. The van der Waals surface area contributed by atoms with Crippen molar-refractivity contribution in [1.29, 1.82) is 0 Å². The summed E-state index contributed by atoms with van der Waals surface area (Å²) >= 11 is 0. The Hall–Kier alpha value is -0.800. The standard InChI is InChI=1S/C13H22N2O/c1-11(13-6-4-9-15-13)16-10-7-12-5-2-3-8-14-12/h4,6,9,11-12,14-15H,2-3,5,7-8,10H2,1H3. The Kier molecular flexibility index (Phi) is 4.43. The minimum atomic E-state index is 0.179. The van der Waals surface area contributed by atoms with Gasteiger partial charge in [-0.3, -0.25) is 0 Å². The topological polar surface area (TPSA) is 37.0 Å². The van der Waals surface area contributed by atoms with E-state index < -0.39 is 0 Å². The molecular formula is C13H22N2O. The number of hydrogen-bond acceptors (Lipinski definition) is 2. The Morgan fingerprint density at radius 3 is 3.12 bits per heavy atom. The molecule has 16 heavy (non-hydrogen) atoms. The minimum absolute atomic E-state index is 0.179. The van der Waals surface area contributed by atoms with Crippen LogP contribution in [0.3, 0.4) is 0 Å². The van der Waals surface area contributed by atoms with Gasteiger partial charge in [-0.1, -0.05) is 6.42 Å². The first-order valence-electron chi connectivity index (χ1n) is 6.34. The Morgan fingerprint density at radius 2 is 2.44 bits per heavy atom. The summed E-state index contributed by atoms with van der Waals surface area (Å²) in [5.41, 5.74) is 1.16. The van der Waals surface area contributed by atoms with Gasteiger partial charge in [0, 0.05) is 24.5 Å². The van der Waals surface area contributed by atoms with Crippen LogP contribution in [-0.2, 0) is 4.74 Å². The van der Waals surface area contributed by atoms with Gasteiger partial charge in [-0.25, -0.2) is 0 Å². The molecule has 0 bridgehead atoms. The summed E-state index contributed by atoms with van der Waals surface area (Å²) in [7, 11) is 0. The van der Waals surface area contributed by atoms with Gasteiger partial charge in [0.05, 0.1) is 6.10 Å². The van der Waals surface area contributed by atoms with Crippen LogP contribution in [-0.4, -0.2) is 24.2 Å².